The molecule has 3 fully saturated rings. The van der Waals surface area contributed by atoms with Crippen LogP contribution in [0.25, 0.3) is 0 Å². The normalized spacial score (nSPS) is 37.5. The second kappa shape index (κ2) is 5.94. The average molecular weight is 279 g/mol. The van der Waals surface area contributed by atoms with Crippen LogP contribution in [-0.4, -0.2) is 55.1 Å². The Morgan fingerprint density at radius 3 is 2.40 bits per heavy atom. The number of hydrogen-bond acceptors (Lipinski definition) is 3. The highest BCUT2D eigenvalue weighted by Crippen LogP contribution is 2.48. The molecule has 0 aromatic heterocycles. The minimum atomic E-state index is 0.312. The van der Waals surface area contributed by atoms with E-state index < -0.39 is 0 Å². The molecular formula is C17H33N3. The van der Waals surface area contributed by atoms with Crippen LogP contribution in [0.15, 0.2) is 0 Å². The summed E-state index contributed by atoms with van der Waals surface area (Å²) in [6, 6.07) is 0.757. The Labute approximate surface area is 124 Å². The van der Waals surface area contributed by atoms with Crippen LogP contribution < -0.4 is 5.73 Å². The van der Waals surface area contributed by atoms with E-state index in [9.17, 15) is 0 Å². The highest BCUT2D eigenvalue weighted by Gasteiger charge is 2.45. The molecule has 0 aromatic rings. The molecule has 1 saturated heterocycles. The van der Waals surface area contributed by atoms with Crippen molar-refractivity contribution in [3.63, 3.8) is 0 Å². The van der Waals surface area contributed by atoms with Crippen molar-refractivity contribution in [2.75, 3.05) is 33.7 Å². The summed E-state index contributed by atoms with van der Waals surface area (Å²) in [5.74, 6) is 2.02. The van der Waals surface area contributed by atoms with E-state index in [0.717, 1.165) is 24.4 Å². The summed E-state index contributed by atoms with van der Waals surface area (Å²) in [4.78, 5) is 5.18. The van der Waals surface area contributed by atoms with Crippen LogP contribution in [0.5, 0.6) is 0 Å². The fourth-order valence-electron chi connectivity index (χ4n) is 4.77. The van der Waals surface area contributed by atoms with Crippen molar-refractivity contribution < 1.29 is 0 Å². The molecule has 2 saturated carbocycles. The number of likely N-dealkylation sites (tertiary alicyclic amines) is 1. The molecule has 0 bridgehead atoms. The largest absolute Gasteiger partial charge is 0.329 e. The van der Waals surface area contributed by atoms with Crippen molar-refractivity contribution >= 4 is 0 Å². The molecule has 3 rings (SSSR count). The van der Waals surface area contributed by atoms with E-state index in [0.29, 0.717) is 5.54 Å². The second-order valence-electron chi connectivity index (χ2n) is 7.77. The third-order valence-electron chi connectivity index (χ3n) is 6.51. The standard InChI is InChI=1S/C17H33N3/c1-19-10-7-16(8-11-19)20(2)17(13-18)9-3-4-15(12-17)14-5-6-14/h14-16H,3-13,18H2,1-2H3. The zero-order valence-corrected chi connectivity index (χ0v) is 13.5. The number of likely N-dealkylation sites (N-methyl/N-ethyl adjacent to an activating group) is 1. The van der Waals surface area contributed by atoms with Crippen LogP contribution >= 0.6 is 0 Å². The van der Waals surface area contributed by atoms with Gasteiger partial charge in [0.15, 0.2) is 0 Å². The first-order valence-electron chi connectivity index (χ1n) is 8.76. The lowest BCUT2D eigenvalue weighted by atomic mass is 9.72. The molecule has 0 radical (unpaired) electrons. The van der Waals surface area contributed by atoms with Crippen LogP contribution in [0.3, 0.4) is 0 Å². The van der Waals surface area contributed by atoms with Gasteiger partial charge in [-0.1, -0.05) is 12.8 Å². The third-order valence-corrected chi connectivity index (χ3v) is 6.51. The van der Waals surface area contributed by atoms with Gasteiger partial charge in [-0.2, -0.15) is 0 Å². The fraction of sp³-hybridized carbons (Fsp3) is 1.00. The molecule has 2 unspecified atom stereocenters. The van der Waals surface area contributed by atoms with Crippen molar-refractivity contribution in [1.82, 2.24) is 9.80 Å². The quantitative estimate of drug-likeness (QED) is 0.857. The molecule has 20 heavy (non-hydrogen) atoms. The summed E-state index contributed by atoms with van der Waals surface area (Å²) in [6.45, 7) is 3.36. The predicted octanol–water partition coefficient (Wildman–Crippen LogP) is 2.31. The summed E-state index contributed by atoms with van der Waals surface area (Å²) in [6.07, 6.45) is 11.2. The molecule has 1 aliphatic heterocycles. The maximum atomic E-state index is 6.30. The van der Waals surface area contributed by atoms with E-state index in [1.165, 1.54) is 64.5 Å². The molecule has 0 aromatic carbocycles. The van der Waals surface area contributed by atoms with Crippen molar-refractivity contribution in [2.24, 2.45) is 17.6 Å². The van der Waals surface area contributed by atoms with Crippen molar-refractivity contribution in [2.45, 2.75) is 62.9 Å². The first-order chi connectivity index (χ1) is 9.64. The van der Waals surface area contributed by atoms with E-state index in [1.54, 1.807) is 0 Å². The van der Waals surface area contributed by atoms with E-state index in [4.69, 9.17) is 5.73 Å². The van der Waals surface area contributed by atoms with Crippen LogP contribution in [-0.2, 0) is 0 Å². The number of rotatable bonds is 4. The summed E-state index contributed by atoms with van der Waals surface area (Å²) >= 11 is 0. The van der Waals surface area contributed by atoms with E-state index in [2.05, 4.69) is 23.9 Å². The number of hydrogen-bond donors (Lipinski definition) is 1. The van der Waals surface area contributed by atoms with Crippen molar-refractivity contribution in [3.8, 4) is 0 Å². The predicted molar refractivity (Wildman–Crippen MR) is 84.7 cm³/mol. The lowest BCUT2D eigenvalue weighted by Crippen LogP contribution is -2.59. The maximum Gasteiger partial charge on any atom is 0.0334 e. The minimum absolute atomic E-state index is 0.312. The van der Waals surface area contributed by atoms with Crippen LogP contribution in [0.2, 0.25) is 0 Å². The Hall–Kier alpha value is -0.120. The molecule has 3 heteroatoms. The zero-order valence-electron chi connectivity index (χ0n) is 13.5. The van der Waals surface area contributed by atoms with Gasteiger partial charge >= 0.3 is 0 Å². The van der Waals surface area contributed by atoms with Gasteiger partial charge in [-0.15, -0.1) is 0 Å². The molecule has 0 spiro atoms. The summed E-state index contributed by atoms with van der Waals surface area (Å²) in [7, 11) is 4.62. The Kier molecular flexibility index (Phi) is 4.40. The van der Waals surface area contributed by atoms with Crippen molar-refractivity contribution in [3.05, 3.63) is 0 Å². The summed E-state index contributed by atoms with van der Waals surface area (Å²) < 4.78 is 0. The minimum Gasteiger partial charge on any atom is -0.329 e. The monoisotopic (exact) mass is 279 g/mol. The second-order valence-corrected chi connectivity index (χ2v) is 7.77. The van der Waals surface area contributed by atoms with Crippen LogP contribution in [0.4, 0.5) is 0 Å². The molecule has 116 valence electrons. The highest BCUT2D eigenvalue weighted by atomic mass is 15.2. The van der Waals surface area contributed by atoms with Gasteiger partial charge < -0.3 is 10.6 Å². The topological polar surface area (TPSA) is 32.5 Å². The Morgan fingerprint density at radius 2 is 1.80 bits per heavy atom. The first-order valence-corrected chi connectivity index (χ1v) is 8.76. The molecule has 3 aliphatic rings. The lowest BCUT2D eigenvalue weighted by Gasteiger charge is -2.51. The van der Waals surface area contributed by atoms with Gasteiger partial charge in [-0.3, -0.25) is 4.90 Å². The molecule has 0 amide bonds. The molecule has 2 atom stereocenters. The van der Waals surface area contributed by atoms with Crippen LogP contribution in [0.1, 0.15) is 51.4 Å². The Morgan fingerprint density at radius 1 is 1.10 bits per heavy atom. The van der Waals surface area contributed by atoms with E-state index in [-0.39, 0.29) is 0 Å². The highest BCUT2D eigenvalue weighted by molar-refractivity contribution is 5.01. The summed E-state index contributed by atoms with van der Waals surface area (Å²) in [5, 5.41) is 0. The van der Waals surface area contributed by atoms with Crippen molar-refractivity contribution in [1.29, 1.82) is 0 Å². The number of nitrogens with zero attached hydrogens (tertiary/aromatic N) is 2. The molecular weight excluding hydrogens is 246 g/mol. The molecule has 2 aliphatic carbocycles. The van der Waals surface area contributed by atoms with Gasteiger partial charge in [0.1, 0.15) is 0 Å². The van der Waals surface area contributed by atoms with Gasteiger partial charge in [-0.05, 0) is 77.5 Å². The molecule has 3 nitrogen and oxygen atoms in total. The van der Waals surface area contributed by atoms with Gasteiger partial charge in [0.25, 0.3) is 0 Å². The van der Waals surface area contributed by atoms with Gasteiger partial charge in [-0.25, -0.2) is 0 Å². The number of piperidine rings is 1. The maximum absolute atomic E-state index is 6.30. The lowest BCUT2D eigenvalue weighted by molar-refractivity contribution is 0.000311. The Bertz CT molecular complexity index is 320. The summed E-state index contributed by atoms with van der Waals surface area (Å²) in [5.41, 5.74) is 6.62. The smallest absolute Gasteiger partial charge is 0.0334 e. The van der Waals surface area contributed by atoms with E-state index >= 15 is 0 Å². The van der Waals surface area contributed by atoms with E-state index in [1.807, 2.05) is 0 Å². The SMILES string of the molecule is CN1CCC(N(C)C2(CN)CCCC(C3CC3)C2)CC1. The zero-order chi connectivity index (χ0) is 14.2. The van der Waals surface area contributed by atoms with Gasteiger partial charge in [0, 0.05) is 18.1 Å². The average Bonchev–Trinajstić information content (AvgIpc) is 3.32. The third kappa shape index (κ3) is 2.90. The number of nitrogens with two attached hydrogens (primary N) is 1. The van der Waals surface area contributed by atoms with Gasteiger partial charge in [0.2, 0.25) is 0 Å². The first kappa shape index (κ1) is 14.8. The molecule has 1 heterocycles. The fourth-order valence-corrected chi connectivity index (χ4v) is 4.77. The van der Waals surface area contributed by atoms with Crippen LogP contribution in [0, 0.1) is 11.8 Å². The molecule has 2 N–H and O–H groups in total. The Balaban J connectivity index is 1.67. The van der Waals surface area contributed by atoms with Gasteiger partial charge in [0.05, 0.1) is 0 Å².